The lowest BCUT2D eigenvalue weighted by Crippen LogP contribution is -2.46. The van der Waals surface area contributed by atoms with Crippen molar-refractivity contribution in [2.75, 3.05) is 26.3 Å². The van der Waals surface area contributed by atoms with Gasteiger partial charge in [0.05, 0.1) is 19.2 Å². The van der Waals surface area contributed by atoms with Crippen LogP contribution in [-0.2, 0) is 4.74 Å². The number of guanidine groups is 1. The number of hydrogen-bond acceptors (Lipinski definition) is 4. The number of rotatable bonds is 5. The molecule has 0 aromatic rings. The third-order valence-corrected chi connectivity index (χ3v) is 2.30. The first-order chi connectivity index (χ1) is 6.74. The van der Waals surface area contributed by atoms with E-state index in [2.05, 4.69) is 29.5 Å². The van der Waals surface area contributed by atoms with Gasteiger partial charge in [-0.3, -0.25) is 4.99 Å². The van der Waals surface area contributed by atoms with Crippen molar-refractivity contribution in [2.24, 2.45) is 10.9 Å². The summed E-state index contributed by atoms with van der Waals surface area (Å²) in [5.74, 6) is 1.47. The van der Waals surface area contributed by atoms with Gasteiger partial charge in [0.15, 0.2) is 5.96 Å². The monoisotopic (exact) mass is 199 g/mol. The summed E-state index contributed by atoms with van der Waals surface area (Å²) in [6.45, 7) is 9.73. The summed E-state index contributed by atoms with van der Waals surface area (Å²) in [6.07, 6.45) is 0. The van der Waals surface area contributed by atoms with Gasteiger partial charge in [0, 0.05) is 13.2 Å². The van der Waals surface area contributed by atoms with Gasteiger partial charge < -0.3 is 15.4 Å². The Morgan fingerprint density at radius 1 is 1.57 bits per heavy atom. The summed E-state index contributed by atoms with van der Waals surface area (Å²) in [4.78, 5) is 4.30. The average molecular weight is 199 g/mol. The fourth-order valence-electron chi connectivity index (χ4n) is 1.32. The van der Waals surface area contributed by atoms with Crippen LogP contribution in [0, 0.1) is 5.92 Å². The fourth-order valence-corrected chi connectivity index (χ4v) is 1.32. The SMILES string of the molecule is CCOCC(NC1=NCCN1)C(C)C. The average Bonchev–Trinajstić information content (AvgIpc) is 2.64. The predicted molar refractivity (Wildman–Crippen MR) is 58.6 cm³/mol. The van der Waals surface area contributed by atoms with E-state index in [1.165, 1.54) is 0 Å². The molecule has 0 spiro atoms. The summed E-state index contributed by atoms with van der Waals surface area (Å²) in [6, 6.07) is 0.347. The molecule has 0 amide bonds. The molecule has 0 aromatic heterocycles. The molecule has 0 radical (unpaired) electrons. The maximum absolute atomic E-state index is 5.42. The minimum atomic E-state index is 0.347. The summed E-state index contributed by atoms with van der Waals surface area (Å²) in [5.41, 5.74) is 0. The third-order valence-electron chi connectivity index (χ3n) is 2.30. The molecule has 2 N–H and O–H groups in total. The van der Waals surface area contributed by atoms with Crippen LogP contribution in [0.15, 0.2) is 4.99 Å². The highest BCUT2D eigenvalue weighted by atomic mass is 16.5. The molecule has 1 aliphatic rings. The van der Waals surface area contributed by atoms with Gasteiger partial charge in [0.1, 0.15) is 0 Å². The molecule has 4 heteroatoms. The molecule has 1 unspecified atom stereocenters. The second kappa shape index (κ2) is 5.86. The van der Waals surface area contributed by atoms with Crippen LogP contribution in [0.5, 0.6) is 0 Å². The smallest absolute Gasteiger partial charge is 0.191 e. The van der Waals surface area contributed by atoms with Crippen molar-refractivity contribution in [3.05, 3.63) is 0 Å². The summed E-state index contributed by atoms with van der Waals surface area (Å²) in [5, 5.41) is 6.57. The minimum absolute atomic E-state index is 0.347. The van der Waals surface area contributed by atoms with E-state index in [9.17, 15) is 0 Å². The van der Waals surface area contributed by atoms with Gasteiger partial charge in [0.2, 0.25) is 0 Å². The van der Waals surface area contributed by atoms with E-state index in [1.807, 2.05) is 6.92 Å². The Kier molecular flexibility index (Phi) is 4.73. The van der Waals surface area contributed by atoms with Crippen LogP contribution in [0.25, 0.3) is 0 Å². The van der Waals surface area contributed by atoms with Crippen molar-refractivity contribution in [1.29, 1.82) is 0 Å². The molecule has 0 bridgehead atoms. The largest absolute Gasteiger partial charge is 0.380 e. The molecule has 1 heterocycles. The Morgan fingerprint density at radius 3 is 2.86 bits per heavy atom. The zero-order chi connectivity index (χ0) is 10.4. The molecule has 1 rings (SSSR count). The van der Waals surface area contributed by atoms with E-state index < -0.39 is 0 Å². The van der Waals surface area contributed by atoms with Gasteiger partial charge in [-0.05, 0) is 12.8 Å². The maximum atomic E-state index is 5.42. The van der Waals surface area contributed by atoms with E-state index in [1.54, 1.807) is 0 Å². The van der Waals surface area contributed by atoms with E-state index in [-0.39, 0.29) is 0 Å². The number of nitrogens with zero attached hydrogens (tertiary/aromatic N) is 1. The first kappa shape index (κ1) is 11.3. The predicted octanol–water partition coefficient (Wildman–Crippen LogP) is 0.596. The van der Waals surface area contributed by atoms with Gasteiger partial charge in [-0.1, -0.05) is 13.8 Å². The molecule has 0 fully saturated rings. The molecular formula is C10H21N3O. The minimum Gasteiger partial charge on any atom is -0.380 e. The highest BCUT2D eigenvalue weighted by molar-refractivity contribution is 5.81. The zero-order valence-electron chi connectivity index (χ0n) is 9.34. The number of hydrogen-bond donors (Lipinski definition) is 2. The molecule has 0 aromatic carbocycles. The van der Waals surface area contributed by atoms with Crippen LogP contribution in [-0.4, -0.2) is 38.3 Å². The maximum Gasteiger partial charge on any atom is 0.191 e. The third kappa shape index (κ3) is 3.54. The van der Waals surface area contributed by atoms with E-state index in [0.717, 1.165) is 32.3 Å². The number of nitrogens with one attached hydrogen (secondary N) is 2. The highest BCUT2D eigenvalue weighted by Crippen LogP contribution is 2.02. The summed E-state index contributed by atoms with van der Waals surface area (Å²) >= 11 is 0. The Bertz CT molecular complexity index is 192. The lowest BCUT2D eigenvalue weighted by atomic mass is 10.1. The van der Waals surface area contributed by atoms with Crippen LogP contribution in [0.3, 0.4) is 0 Å². The van der Waals surface area contributed by atoms with Gasteiger partial charge in [-0.15, -0.1) is 0 Å². The molecule has 4 nitrogen and oxygen atoms in total. The number of ether oxygens (including phenoxy) is 1. The van der Waals surface area contributed by atoms with Crippen LogP contribution < -0.4 is 10.6 Å². The summed E-state index contributed by atoms with van der Waals surface area (Å²) < 4.78 is 5.42. The first-order valence-electron chi connectivity index (χ1n) is 5.36. The van der Waals surface area contributed by atoms with E-state index in [0.29, 0.717) is 12.0 Å². The van der Waals surface area contributed by atoms with Crippen LogP contribution in [0.4, 0.5) is 0 Å². The van der Waals surface area contributed by atoms with Crippen molar-refractivity contribution in [3.8, 4) is 0 Å². The van der Waals surface area contributed by atoms with Crippen molar-refractivity contribution in [1.82, 2.24) is 10.6 Å². The lowest BCUT2D eigenvalue weighted by molar-refractivity contribution is 0.115. The Hall–Kier alpha value is -0.770. The van der Waals surface area contributed by atoms with Crippen LogP contribution in [0.1, 0.15) is 20.8 Å². The second-order valence-electron chi connectivity index (χ2n) is 3.81. The van der Waals surface area contributed by atoms with Crippen molar-refractivity contribution < 1.29 is 4.74 Å². The number of aliphatic imine (C=N–C) groups is 1. The standard InChI is InChI=1S/C10H21N3O/c1-4-14-7-9(8(2)3)13-10-11-5-6-12-10/h8-9H,4-7H2,1-3H3,(H2,11,12,13). The van der Waals surface area contributed by atoms with Crippen molar-refractivity contribution >= 4 is 5.96 Å². The van der Waals surface area contributed by atoms with Crippen molar-refractivity contribution in [3.63, 3.8) is 0 Å². The topological polar surface area (TPSA) is 45.6 Å². The zero-order valence-corrected chi connectivity index (χ0v) is 9.34. The van der Waals surface area contributed by atoms with Crippen LogP contribution in [0.2, 0.25) is 0 Å². The highest BCUT2D eigenvalue weighted by Gasteiger charge is 2.16. The molecule has 0 saturated carbocycles. The van der Waals surface area contributed by atoms with Gasteiger partial charge in [0.25, 0.3) is 0 Å². The first-order valence-corrected chi connectivity index (χ1v) is 5.36. The Balaban J connectivity index is 2.34. The van der Waals surface area contributed by atoms with E-state index >= 15 is 0 Å². The van der Waals surface area contributed by atoms with Gasteiger partial charge in [-0.2, -0.15) is 0 Å². The quantitative estimate of drug-likeness (QED) is 0.681. The normalized spacial score (nSPS) is 17.9. The van der Waals surface area contributed by atoms with E-state index in [4.69, 9.17) is 4.74 Å². The van der Waals surface area contributed by atoms with Crippen molar-refractivity contribution in [2.45, 2.75) is 26.8 Å². The Morgan fingerprint density at radius 2 is 2.36 bits per heavy atom. The van der Waals surface area contributed by atoms with Crippen LogP contribution >= 0.6 is 0 Å². The molecular weight excluding hydrogens is 178 g/mol. The van der Waals surface area contributed by atoms with Gasteiger partial charge in [-0.25, -0.2) is 0 Å². The molecule has 1 atom stereocenters. The lowest BCUT2D eigenvalue weighted by Gasteiger charge is -2.22. The van der Waals surface area contributed by atoms with Gasteiger partial charge >= 0.3 is 0 Å². The fraction of sp³-hybridized carbons (Fsp3) is 0.900. The molecule has 0 aliphatic carbocycles. The molecule has 82 valence electrons. The summed E-state index contributed by atoms with van der Waals surface area (Å²) in [7, 11) is 0. The second-order valence-corrected chi connectivity index (χ2v) is 3.81. The molecule has 14 heavy (non-hydrogen) atoms. The molecule has 1 aliphatic heterocycles. The Labute approximate surface area is 86.1 Å². The molecule has 0 saturated heterocycles.